The Morgan fingerprint density at radius 2 is 1.00 bits per heavy atom. The van der Waals surface area contributed by atoms with Gasteiger partial charge in [0, 0.05) is 0 Å². The van der Waals surface area contributed by atoms with Crippen LogP contribution in [-0.2, 0) is 39.5 Å². The third-order valence-corrected chi connectivity index (χ3v) is 2.72. The second-order valence-corrected chi connectivity index (χ2v) is 7.07. The van der Waals surface area contributed by atoms with E-state index in [9.17, 15) is 21.0 Å². The average molecular weight is 276 g/mol. The van der Waals surface area contributed by atoms with Gasteiger partial charge in [0.25, 0.3) is 20.2 Å². The molecule has 0 aliphatic rings. The highest BCUT2D eigenvalue weighted by Gasteiger charge is 2.10. The number of rotatable bonds is 2. The maximum absolute atomic E-state index is 9.34. The molecule has 0 heterocycles. The molecule has 4 N–H and O–H groups in total. The van der Waals surface area contributed by atoms with Crippen molar-refractivity contribution >= 4 is 39.5 Å². The van der Waals surface area contributed by atoms with Crippen molar-refractivity contribution in [3.63, 3.8) is 0 Å². The zero-order valence-corrected chi connectivity index (χ0v) is 8.73. The van der Waals surface area contributed by atoms with E-state index in [1.54, 1.807) is 0 Å². The monoisotopic (exact) mass is 276 g/mol. The van der Waals surface area contributed by atoms with Gasteiger partial charge in [0.15, 0.2) is 0 Å². The second kappa shape index (κ2) is 6.66. The van der Waals surface area contributed by atoms with E-state index in [2.05, 4.69) is 0 Å². The van der Waals surface area contributed by atoms with Crippen molar-refractivity contribution in [1.82, 2.24) is 0 Å². The van der Waals surface area contributed by atoms with Gasteiger partial charge < -0.3 is 0 Å². The van der Waals surface area contributed by atoms with Crippen LogP contribution in [0.5, 0.6) is 0 Å². The lowest BCUT2D eigenvalue weighted by atomic mass is 15.9. The molecule has 0 aromatic carbocycles. The van der Waals surface area contributed by atoms with Crippen molar-refractivity contribution in [1.29, 1.82) is 0 Å². The molecule has 0 spiro atoms. The zero-order chi connectivity index (χ0) is 11.2. The van der Waals surface area contributed by atoms with Gasteiger partial charge in [0.2, 0.25) is 0 Å². The molecule has 0 aromatic heterocycles. The zero-order valence-electron chi connectivity index (χ0n) is 5.46. The maximum Gasteiger partial charge on any atom is 0.373 e. The summed E-state index contributed by atoms with van der Waals surface area (Å²) in [6.45, 7) is 0. The minimum absolute atomic E-state index is 2.59. The van der Waals surface area contributed by atoms with Gasteiger partial charge in [-0.1, -0.05) is 0 Å². The van der Waals surface area contributed by atoms with E-state index in [1.165, 1.54) is 0 Å². The van der Waals surface area contributed by atoms with E-state index in [4.69, 9.17) is 18.2 Å². The highest BCUT2D eigenvalue weighted by atomic mass is 33.2. The van der Waals surface area contributed by atoms with E-state index < -0.39 is 39.5 Å². The van der Waals surface area contributed by atoms with Gasteiger partial charge in [0.1, 0.15) is 0 Å². The Balaban J connectivity index is 0. The molecule has 0 bridgehead atoms. The first kappa shape index (κ1) is 15.7. The summed E-state index contributed by atoms with van der Waals surface area (Å²) in [6, 6.07) is 0. The van der Waals surface area contributed by atoms with Crippen molar-refractivity contribution < 1.29 is 39.3 Å². The molecule has 0 aliphatic carbocycles. The summed E-state index contributed by atoms with van der Waals surface area (Å²) in [5.41, 5.74) is 0. The standard InChI is InChI=1S/H2O5S2.H2O4S2/c1-6(2)7(3,4)5;1-5(2)6(3)4/h(H,1,2)(H,3,4,5);(H,1,2)(H,3,4). The van der Waals surface area contributed by atoms with Crippen LogP contribution in [0.2, 0.25) is 0 Å². The SMILES string of the molecule is O=S(O)S(=O)(=O)O.O=S(O)S(=O)O. The maximum atomic E-state index is 9.34. The van der Waals surface area contributed by atoms with Gasteiger partial charge in [-0.05, 0) is 0 Å². The first-order valence-corrected chi connectivity index (χ1v) is 7.69. The van der Waals surface area contributed by atoms with Crippen LogP contribution in [0.4, 0.5) is 0 Å². The molecule has 0 aromatic rings. The summed E-state index contributed by atoms with van der Waals surface area (Å²) in [4.78, 5) is 0. The van der Waals surface area contributed by atoms with Crippen molar-refractivity contribution in [3.8, 4) is 0 Å². The summed E-state index contributed by atoms with van der Waals surface area (Å²) in [5, 5.41) is 0. The molecule has 13 heavy (non-hydrogen) atoms. The van der Waals surface area contributed by atoms with Crippen molar-refractivity contribution in [2.45, 2.75) is 0 Å². The fourth-order valence-electron chi connectivity index (χ4n) is 0. The lowest BCUT2D eigenvalue weighted by Gasteiger charge is -1.80. The van der Waals surface area contributed by atoms with Crippen LogP contribution in [0.25, 0.3) is 0 Å². The predicted molar refractivity (Wildman–Crippen MR) is 43.9 cm³/mol. The molecule has 0 saturated heterocycles. The number of hydrogen-bond acceptors (Lipinski definition) is 5. The Morgan fingerprint density at radius 1 is 0.846 bits per heavy atom. The lowest BCUT2D eigenvalue weighted by molar-refractivity contribution is 0.488. The molecule has 0 radical (unpaired) electrons. The molecule has 3 atom stereocenters. The van der Waals surface area contributed by atoms with Gasteiger partial charge in [-0.3, -0.25) is 18.2 Å². The highest BCUT2D eigenvalue weighted by molar-refractivity contribution is 8.59. The van der Waals surface area contributed by atoms with E-state index in [0.29, 0.717) is 0 Å². The fourth-order valence-corrected chi connectivity index (χ4v) is 0. The largest absolute Gasteiger partial charge is 0.373 e. The quantitative estimate of drug-likeness (QED) is 0.262. The van der Waals surface area contributed by atoms with E-state index >= 15 is 0 Å². The summed E-state index contributed by atoms with van der Waals surface area (Å²) < 4.78 is 76.6. The van der Waals surface area contributed by atoms with Crippen LogP contribution in [-0.4, -0.2) is 39.3 Å². The van der Waals surface area contributed by atoms with Crippen LogP contribution in [0.1, 0.15) is 0 Å². The van der Waals surface area contributed by atoms with Crippen molar-refractivity contribution in [2.24, 2.45) is 0 Å². The normalized spacial score (nSPS) is 17.8. The molecule has 3 unspecified atom stereocenters. The van der Waals surface area contributed by atoms with Gasteiger partial charge >= 0.3 is 19.3 Å². The Kier molecular flexibility index (Phi) is 8.04. The predicted octanol–water partition coefficient (Wildman–Crippen LogP) is -1.64. The second-order valence-electron chi connectivity index (χ2n) is 1.08. The molecule has 0 rings (SSSR count). The molecule has 13 heteroatoms. The first-order chi connectivity index (χ1) is 5.59. The van der Waals surface area contributed by atoms with Crippen molar-refractivity contribution in [2.75, 3.05) is 0 Å². The molecule has 0 fully saturated rings. The van der Waals surface area contributed by atoms with Gasteiger partial charge in [-0.25, -0.2) is 12.6 Å². The number of hydrogen-bond donors (Lipinski definition) is 4. The topological polar surface area (TPSA) is 166 Å². The summed E-state index contributed by atoms with van der Waals surface area (Å²) in [5.74, 6) is 0. The van der Waals surface area contributed by atoms with Gasteiger partial charge in [0.05, 0.1) is 0 Å². The Morgan fingerprint density at radius 3 is 1.00 bits per heavy atom. The van der Waals surface area contributed by atoms with E-state index in [0.717, 1.165) is 0 Å². The molecule has 9 nitrogen and oxygen atoms in total. The van der Waals surface area contributed by atoms with Crippen LogP contribution >= 0.6 is 0 Å². The summed E-state index contributed by atoms with van der Waals surface area (Å²) in [7, 11) is -13.0. The highest BCUT2D eigenvalue weighted by Crippen LogP contribution is 1.83. The molecular weight excluding hydrogens is 272 g/mol. The summed E-state index contributed by atoms with van der Waals surface area (Å²) >= 11 is 0. The summed E-state index contributed by atoms with van der Waals surface area (Å²) in [6.07, 6.45) is 0. The third kappa shape index (κ3) is 12.2. The lowest BCUT2D eigenvalue weighted by Crippen LogP contribution is -2.03. The molecule has 0 aliphatic heterocycles. The minimum Gasteiger partial charge on any atom is -0.294 e. The smallest absolute Gasteiger partial charge is 0.294 e. The molecule has 0 saturated carbocycles. The van der Waals surface area contributed by atoms with Crippen molar-refractivity contribution in [3.05, 3.63) is 0 Å². The van der Waals surface area contributed by atoms with E-state index in [-0.39, 0.29) is 0 Å². The molecule has 0 amide bonds. The van der Waals surface area contributed by atoms with E-state index in [1.807, 2.05) is 0 Å². The molecule has 82 valence electrons. The Hall–Kier alpha value is 0.240. The van der Waals surface area contributed by atoms with Crippen LogP contribution in [0.3, 0.4) is 0 Å². The van der Waals surface area contributed by atoms with Gasteiger partial charge in [-0.15, -0.1) is 0 Å². The third-order valence-electron chi connectivity index (χ3n) is 0.302. The Bertz CT molecular complexity index is 295. The average Bonchev–Trinajstić information content (AvgIpc) is 1.86. The van der Waals surface area contributed by atoms with Gasteiger partial charge in [-0.2, -0.15) is 8.42 Å². The van der Waals surface area contributed by atoms with Crippen LogP contribution < -0.4 is 0 Å². The molecular formula is H4O9S4. The minimum atomic E-state index is -4.71. The first-order valence-electron chi connectivity index (χ1n) is 1.90. The fraction of sp³-hybridized carbons (Fsp3) is 0. The van der Waals surface area contributed by atoms with Crippen LogP contribution in [0, 0.1) is 0 Å². The Labute approximate surface area is 78.9 Å². The van der Waals surface area contributed by atoms with Crippen LogP contribution in [0.15, 0.2) is 0 Å².